The van der Waals surface area contributed by atoms with Crippen molar-refractivity contribution in [2.45, 2.75) is 25.4 Å². The molecule has 6 heteroatoms. The lowest BCUT2D eigenvalue weighted by atomic mass is 9.97. The number of piperidine rings is 1. The van der Waals surface area contributed by atoms with Gasteiger partial charge in [0.05, 0.1) is 22.9 Å². The molecule has 0 saturated carbocycles. The summed E-state index contributed by atoms with van der Waals surface area (Å²) in [4.78, 5) is 29.5. The fourth-order valence-corrected chi connectivity index (χ4v) is 3.88. The minimum absolute atomic E-state index is 0.0430. The monoisotopic (exact) mass is 360 g/mol. The van der Waals surface area contributed by atoms with Crippen LogP contribution in [0.2, 0.25) is 0 Å². The highest BCUT2D eigenvalue weighted by Gasteiger charge is 2.37. The van der Waals surface area contributed by atoms with E-state index in [9.17, 15) is 9.59 Å². The van der Waals surface area contributed by atoms with Crippen LogP contribution in [0.4, 0.5) is 11.4 Å². The van der Waals surface area contributed by atoms with Crippen molar-refractivity contribution in [3.05, 3.63) is 59.2 Å². The van der Waals surface area contributed by atoms with Crippen molar-refractivity contribution in [2.75, 3.05) is 23.8 Å². The van der Waals surface area contributed by atoms with Gasteiger partial charge in [0.25, 0.3) is 11.8 Å². The Hall–Kier alpha value is -3.33. The second-order valence-electron chi connectivity index (χ2n) is 6.96. The summed E-state index contributed by atoms with van der Waals surface area (Å²) in [6, 6.07) is 14.0. The smallest absolute Gasteiger partial charge is 0.257 e. The van der Waals surface area contributed by atoms with Crippen LogP contribution in [-0.2, 0) is 0 Å². The Labute approximate surface area is 158 Å². The number of fused-ring (bicyclic) bond motifs is 2. The van der Waals surface area contributed by atoms with Crippen molar-refractivity contribution in [1.82, 2.24) is 4.90 Å². The molecule has 0 bridgehead atoms. The topological polar surface area (TPSA) is 76.4 Å². The van der Waals surface area contributed by atoms with Gasteiger partial charge in [-0.05, 0) is 55.7 Å². The van der Waals surface area contributed by atoms with Gasteiger partial charge < -0.3 is 15.1 Å². The van der Waals surface area contributed by atoms with E-state index >= 15 is 0 Å². The zero-order chi connectivity index (χ0) is 19.0. The third-order valence-electron chi connectivity index (χ3n) is 5.30. The summed E-state index contributed by atoms with van der Waals surface area (Å²) in [5, 5.41) is 11.8. The van der Waals surface area contributed by atoms with Crippen molar-refractivity contribution >= 4 is 23.2 Å². The number of nitriles is 1. The molecular formula is C21H20N4O2. The Morgan fingerprint density at radius 1 is 1.22 bits per heavy atom. The van der Waals surface area contributed by atoms with Crippen molar-refractivity contribution in [1.29, 1.82) is 5.26 Å². The van der Waals surface area contributed by atoms with Crippen LogP contribution >= 0.6 is 0 Å². The van der Waals surface area contributed by atoms with Gasteiger partial charge in [-0.25, -0.2) is 0 Å². The summed E-state index contributed by atoms with van der Waals surface area (Å²) in [5.74, 6) is -0.221. The minimum Gasteiger partial charge on any atom is -0.354 e. The number of anilines is 2. The summed E-state index contributed by atoms with van der Waals surface area (Å²) in [6.07, 6.45) is 3.14. The van der Waals surface area contributed by atoms with Gasteiger partial charge in [-0.15, -0.1) is 0 Å². The average Bonchev–Trinajstić information content (AvgIpc) is 2.71. The molecule has 1 saturated heterocycles. The summed E-state index contributed by atoms with van der Waals surface area (Å²) in [7, 11) is 1.98. The van der Waals surface area contributed by atoms with E-state index in [0.717, 1.165) is 31.5 Å². The predicted octanol–water partition coefficient (Wildman–Crippen LogP) is 3.21. The lowest BCUT2D eigenvalue weighted by Gasteiger charge is -2.46. The second-order valence-corrected chi connectivity index (χ2v) is 6.96. The number of rotatable bonds is 2. The summed E-state index contributed by atoms with van der Waals surface area (Å²) in [5.41, 5.74) is 2.97. The van der Waals surface area contributed by atoms with Crippen molar-refractivity contribution < 1.29 is 9.59 Å². The summed E-state index contributed by atoms with van der Waals surface area (Å²) in [6.45, 7) is 0.782. The van der Waals surface area contributed by atoms with Gasteiger partial charge in [0, 0.05) is 24.8 Å². The molecular weight excluding hydrogens is 340 g/mol. The van der Waals surface area contributed by atoms with Crippen LogP contribution in [0.5, 0.6) is 0 Å². The maximum atomic E-state index is 12.8. The lowest BCUT2D eigenvalue weighted by molar-refractivity contribution is 0.0589. The molecule has 0 aromatic heterocycles. The molecule has 0 radical (unpaired) electrons. The zero-order valence-corrected chi connectivity index (χ0v) is 15.1. The average molecular weight is 360 g/mol. The number of carbonyl (C=O) groups is 2. The van der Waals surface area contributed by atoms with Crippen LogP contribution in [0.3, 0.4) is 0 Å². The van der Waals surface area contributed by atoms with Crippen molar-refractivity contribution in [2.24, 2.45) is 0 Å². The van der Waals surface area contributed by atoms with Crippen LogP contribution < -0.4 is 10.2 Å². The molecule has 27 heavy (non-hydrogen) atoms. The SMILES string of the molecule is CN1c2cc(C(=O)Nc3cccc(C#N)c3)ccc2C(=O)N2CCCC[C@H]21. The summed E-state index contributed by atoms with van der Waals surface area (Å²) < 4.78 is 0. The maximum absolute atomic E-state index is 12.8. The van der Waals surface area contributed by atoms with Crippen LogP contribution in [-0.4, -0.2) is 36.5 Å². The molecule has 0 aliphatic carbocycles. The lowest BCUT2D eigenvalue weighted by Crippen LogP contribution is -2.55. The van der Waals surface area contributed by atoms with Crippen LogP contribution in [0.1, 0.15) is 45.5 Å². The normalized spacial score (nSPS) is 18.4. The van der Waals surface area contributed by atoms with Gasteiger partial charge in [0.15, 0.2) is 0 Å². The fraction of sp³-hybridized carbons (Fsp3) is 0.286. The van der Waals surface area contributed by atoms with Gasteiger partial charge in [0.2, 0.25) is 0 Å². The zero-order valence-electron chi connectivity index (χ0n) is 15.1. The van der Waals surface area contributed by atoms with Crippen molar-refractivity contribution in [3.8, 4) is 6.07 Å². The third kappa shape index (κ3) is 3.02. The molecule has 0 unspecified atom stereocenters. The quantitative estimate of drug-likeness (QED) is 0.892. The Kier molecular flexibility index (Phi) is 4.28. The molecule has 4 rings (SSSR count). The number of hydrogen-bond acceptors (Lipinski definition) is 4. The minimum atomic E-state index is -0.264. The number of carbonyl (C=O) groups excluding carboxylic acids is 2. The molecule has 1 atom stereocenters. The molecule has 6 nitrogen and oxygen atoms in total. The van der Waals surface area contributed by atoms with Gasteiger partial charge in [-0.2, -0.15) is 5.26 Å². The molecule has 2 aliphatic heterocycles. The van der Waals surface area contributed by atoms with Crippen molar-refractivity contribution in [3.63, 3.8) is 0 Å². The van der Waals surface area contributed by atoms with Crippen LogP contribution in [0.15, 0.2) is 42.5 Å². The Morgan fingerprint density at radius 3 is 2.89 bits per heavy atom. The molecule has 136 valence electrons. The summed E-state index contributed by atoms with van der Waals surface area (Å²) >= 11 is 0. The first-order valence-corrected chi connectivity index (χ1v) is 9.08. The molecule has 2 aliphatic rings. The maximum Gasteiger partial charge on any atom is 0.257 e. The molecule has 1 N–H and O–H groups in total. The molecule has 2 heterocycles. The van der Waals surface area contributed by atoms with Gasteiger partial charge in [-0.1, -0.05) is 6.07 Å². The first-order chi connectivity index (χ1) is 13.1. The van der Waals surface area contributed by atoms with Crippen LogP contribution in [0.25, 0.3) is 0 Å². The highest BCUT2D eigenvalue weighted by molar-refractivity contribution is 6.08. The predicted molar refractivity (Wildman–Crippen MR) is 103 cm³/mol. The molecule has 2 aromatic carbocycles. The van der Waals surface area contributed by atoms with E-state index in [4.69, 9.17) is 5.26 Å². The molecule has 2 amide bonds. The van der Waals surface area contributed by atoms with E-state index in [-0.39, 0.29) is 18.0 Å². The first-order valence-electron chi connectivity index (χ1n) is 9.08. The Balaban J connectivity index is 1.62. The standard InChI is InChI=1S/C21H20N4O2/c1-24-18-12-15(20(26)23-16-6-4-5-14(11-16)13-22)8-9-17(18)21(27)25-10-3-2-7-19(24)25/h4-6,8-9,11-12,19H,2-3,7,10H2,1H3,(H,23,26)/t19-/m0/s1. The van der Waals surface area contributed by atoms with Gasteiger partial charge in [-0.3, -0.25) is 9.59 Å². The number of nitrogens with one attached hydrogen (secondary N) is 1. The third-order valence-corrected chi connectivity index (χ3v) is 5.30. The van der Waals surface area contributed by atoms with E-state index in [1.54, 1.807) is 42.5 Å². The number of hydrogen-bond donors (Lipinski definition) is 1. The molecule has 2 aromatic rings. The van der Waals surface area contributed by atoms with E-state index in [1.165, 1.54) is 0 Å². The highest BCUT2D eigenvalue weighted by atomic mass is 16.2. The first kappa shape index (κ1) is 17.1. The van der Waals surface area contributed by atoms with E-state index < -0.39 is 0 Å². The second kappa shape index (κ2) is 6.76. The van der Waals surface area contributed by atoms with E-state index in [2.05, 4.69) is 16.3 Å². The molecule has 0 spiro atoms. The Bertz CT molecular complexity index is 963. The fourth-order valence-electron chi connectivity index (χ4n) is 3.88. The molecule has 1 fully saturated rings. The van der Waals surface area contributed by atoms with Gasteiger partial charge >= 0.3 is 0 Å². The highest BCUT2D eigenvalue weighted by Crippen LogP contribution is 2.34. The van der Waals surface area contributed by atoms with Gasteiger partial charge in [0.1, 0.15) is 6.17 Å². The number of benzene rings is 2. The number of nitrogens with zero attached hydrogens (tertiary/aromatic N) is 3. The van der Waals surface area contributed by atoms with E-state index in [1.807, 2.05) is 11.9 Å². The van der Waals surface area contributed by atoms with Crippen LogP contribution in [0, 0.1) is 11.3 Å². The van der Waals surface area contributed by atoms with E-state index in [0.29, 0.717) is 22.4 Å². The largest absolute Gasteiger partial charge is 0.354 e. The number of amides is 2. The Morgan fingerprint density at radius 2 is 2.07 bits per heavy atom.